The maximum atomic E-state index is 12.6. The summed E-state index contributed by atoms with van der Waals surface area (Å²) in [7, 11) is -2.73. The second kappa shape index (κ2) is 8.01. The van der Waals surface area contributed by atoms with E-state index < -0.39 is 22.0 Å². The van der Waals surface area contributed by atoms with Gasteiger partial charge >= 0.3 is 11.9 Å². The van der Waals surface area contributed by atoms with Crippen molar-refractivity contribution >= 4 is 27.6 Å². The van der Waals surface area contributed by atoms with E-state index in [1.807, 2.05) is 0 Å². The highest BCUT2D eigenvalue weighted by molar-refractivity contribution is 7.92. The van der Waals surface area contributed by atoms with Crippen LogP contribution in [-0.4, -0.2) is 34.1 Å². The topological polar surface area (TPSA) is 98.8 Å². The molecular formula is C18H19NO6S. The van der Waals surface area contributed by atoms with E-state index in [-0.39, 0.29) is 28.3 Å². The summed E-state index contributed by atoms with van der Waals surface area (Å²) in [6.45, 7) is 3.58. The number of esters is 2. The van der Waals surface area contributed by atoms with E-state index in [1.165, 1.54) is 43.5 Å². The number of nitrogens with one attached hydrogen (secondary N) is 1. The van der Waals surface area contributed by atoms with Gasteiger partial charge in [0.2, 0.25) is 0 Å². The zero-order valence-electron chi connectivity index (χ0n) is 14.6. The molecule has 0 spiro atoms. The lowest BCUT2D eigenvalue weighted by Gasteiger charge is -2.11. The van der Waals surface area contributed by atoms with Crippen LogP contribution in [0, 0.1) is 6.92 Å². The highest BCUT2D eigenvalue weighted by atomic mass is 32.2. The Morgan fingerprint density at radius 3 is 2.46 bits per heavy atom. The van der Waals surface area contributed by atoms with Crippen LogP contribution in [0.25, 0.3) is 0 Å². The SMILES string of the molecule is CCOC(=O)c1cccc(NS(=O)(=O)c2ccc(C)c(C(=O)OC)c2)c1. The number of hydrogen-bond acceptors (Lipinski definition) is 6. The Hall–Kier alpha value is -2.87. The predicted octanol–water partition coefficient (Wildman–Crippen LogP) is 2.76. The monoisotopic (exact) mass is 377 g/mol. The third-order valence-corrected chi connectivity index (χ3v) is 4.93. The third kappa shape index (κ3) is 4.40. The molecule has 0 unspecified atom stereocenters. The smallest absolute Gasteiger partial charge is 0.338 e. The number of carbonyl (C=O) groups excluding carboxylic acids is 2. The van der Waals surface area contributed by atoms with Crippen LogP contribution >= 0.6 is 0 Å². The van der Waals surface area contributed by atoms with Gasteiger partial charge in [-0.3, -0.25) is 4.72 Å². The molecular weight excluding hydrogens is 358 g/mol. The van der Waals surface area contributed by atoms with E-state index in [2.05, 4.69) is 9.46 Å². The summed E-state index contributed by atoms with van der Waals surface area (Å²) in [4.78, 5) is 23.4. The lowest BCUT2D eigenvalue weighted by Crippen LogP contribution is -2.15. The first-order valence-corrected chi connectivity index (χ1v) is 9.25. The standard InChI is InChI=1S/C18H19NO6S/c1-4-25-17(20)13-6-5-7-14(10-13)19-26(22,23)15-9-8-12(2)16(11-15)18(21)24-3/h5-11,19H,4H2,1-3H3. The molecule has 0 bridgehead atoms. The number of hydrogen-bond donors (Lipinski definition) is 1. The Bertz CT molecular complexity index is 936. The molecule has 0 fully saturated rings. The van der Waals surface area contributed by atoms with Crippen LogP contribution in [0.4, 0.5) is 5.69 Å². The summed E-state index contributed by atoms with van der Waals surface area (Å²) in [5, 5.41) is 0. The van der Waals surface area contributed by atoms with E-state index in [4.69, 9.17) is 4.74 Å². The van der Waals surface area contributed by atoms with Gasteiger partial charge in [0.1, 0.15) is 0 Å². The van der Waals surface area contributed by atoms with Crippen molar-refractivity contribution in [2.75, 3.05) is 18.4 Å². The number of methoxy groups -OCH3 is 1. The Labute approximate surface area is 152 Å². The number of carbonyl (C=O) groups is 2. The van der Waals surface area contributed by atoms with Crippen LogP contribution in [-0.2, 0) is 19.5 Å². The molecule has 0 aliphatic heterocycles. The van der Waals surface area contributed by atoms with Crippen molar-refractivity contribution in [3.8, 4) is 0 Å². The molecule has 0 saturated heterocycles. The second-order valence-electron chi connectivity index (χ2n) is 5.38. The normalized spacial score (nSPS) is 10.9. The summed E-state index contributed by atoms with van der Waals surface area (Å²) < 4.78 is 37.2. The van der Waals surface area contributed by atoms with Crippen molar-refractivity contribution in [1.82, 2.24) is 0 Å². The van der Waals surface area contributed by atoms with Gasteiger partial charge in [-0.1, -0.05) is 12.1 Å². The number of ether oxygens (including phenoxy) is 2. The molecule has 0 aliphatic rings. The van der Waals surface area contributed by atoms with Crippen LogP contribution in [0.2, 0.25) is 0 Å². The molecule has 2 rings (SSSR count). The van der Waals surface area contributed by atoms with Crippen LogP contribution < -0.4 is 4.72 Å². The average Bonchev–Trinajstić information content (AvgIpc) is 2.61. The molecule has 0 amide bonds. The highest BCUT2D eigenvalue weighted by Crippen LogP contribution is 2.21. The van der Waals surface area contributed by atoms with Gasteiger partial charge in [-0.05, 0) is 49.7 Å². The van der Waals surface area contributed by atoms with Crippen molar-refractivity contribution in [2.45, 2.75) is 18.7 Å². The van der Waals surface area contributed by atoms with Gasteiger partial charge in [0, 0.05) is 5.69 Å². The van der Waals surface area contributed by atoms with Crippen molar-refractivity contribution in [1.29, 1.82) is 0 Å². The fourth-order valence-electron chi connectivity index (χ4n) is 2.24. The van der Waals surface area contributed by atoms with Crippen LogP contribution in [0.5, 0.6) is 0 Å². The molecule has 26 heavy (non-hydrogen) atoms. The zero-order valence-corrected chi connectivity index (χ0v) is 15.4. The minimum absolute atomic E-state index is 0.0926. The first-order valence-electron chi connectivity index (χ1n) is 7.77. The molecule has 2 aromatic carbocycles. The molecule has 0 atom stereocenters. The maximum Gasteiger partial charge on any atom is 0.338 e. The summed E-state index contributed by atoms with van der Waals surface area (Å²) in [5.74, 6) is -1.17. The molecule has 0 aliphatic carbocycles. The van der Waals surface area contributed by atoms with E-state index >= 15 is 0 Å². The van der Waals surface area contributed by atoms with Crippen molar-refractivity contribution in [3.63, 3.8) is 0 Å². The third-order valence-electron chi connectivity index (χ3n) is 3.55. The van der Waals surface area contributed by atoms with Crippen molar-refractivity contribution < 1.29 is 27.5 Å². The van der Waals surface area contributed by atoms with E-state index in [0.717, 1.165) is 0 Å². The zero-order chi connectivity index (χ0) is 19.3. The number of rotatable bonds is 6. The number of benzene rings is 2. The number of aryl methyl sites for hydroxylation is 1. The Morgan fingerprint density at radius 1 is 1.08 bits per heavy atom. The van der Waals surface area contributed by atoms with Gasteiger partial charge in [-0.25, -0.2) is 18.0 Å². The number of anilines is 1. The van der Waals surface area contributed by atoms with Gasteiger partial charge < -0.3 is 9.47 Å². The average molecular weight is 377 g/mol. The molecule has 0 heterocycles. The van der Waals surface area contributed by atoms with Crippen molar-refractivity contribution in [3.05, 3.63) is 59.2 Å². The van der Waals surface area contributed by atoms with Crippen molar-refractivity contribution in [2.24, 2.45) is 0 Å². The fourth-order valence-corrected chi connectivity index (χ4v) is 3.31. The second-order valence-corrected chi connectivity index (χ2v) is 7.06. The predicted molar refractivity (Wildman–Crippen MR) is 95.7 cm³/mol. The molecule has 1 N–H and O–H groups in total. The lowest BCUT2D eigenvalue weighted by molar-refractivity contribution is 0.0525. The molecule has 0 aromatic heterocycles. The molecule has 138 valence electrons. The summed E-state index contributed by atoms with van der Waals surface area (Å²) in [6.07, 6.45) is 0. The van der Waals surface area contributed by atoms with Crippen LogP contribution in [0.3, 0.4) is 0 Å². The van der Waals surface area contributed by atoms with Gasteiger partial charge in [0.05, 0.1) is 29.7 Å². The highest BCUT2D eigenvalue weighted by Gasteiger charge is 2.19. The largest absolute Gasteiger partial charge is 0.465 e. The summed E-state index contributed by atoms with van der Waals surface area (Å²) in [6, 6.07) is 10.1. The van der Waals surface area contributed by atoms with E-state index in [9.17, 15) is 18.0 Å². The Balaban J connectivity index is 2.33. The Morgan fingerprint density at radius 2 is 1.81 bits per heavy atom. The van der Waals surface area contributed by atoms with Gasteiger partial charge in [0.15, 0.2) is 0 Å². The number of sulfonamides is 1. The van der Waals surface area contributed by atoms with Gasteiger partial charge in [-0.2, -0.15) is 0 Å². The fraction of sp³-hybridized carbons (Fsp3) is 0.222. The van der Waals surface area contributed by atoms with Crippen LogP contribution in [0.15, 0.2) is 47.4 Å². The van der Waals surface area contributed by atoms with Gasteiger partial charge in [0.25, 0.3) is 10.0 Å². The first-order chi connectivity index (χ1) is 12.3. The molecule has 0 saturated carbocycles. The van der Waals surface area contributed by atoms with E-state index in [0.29, 0.717) is 5.56 Å². The van der Waals surface area contributed by atoms with E-state index in [1.54, 1.807) is 19.9 Å². The van der Waals surface area contributed by atoms with Crippen LogP contribution in [0.1, 0.15) is 33.2 Å². The molecule has 0 radical (unpaired) electrons. The van der Waals surface area contributed by atoms with Gasteiger partial charge in [-0.15, -0.1) is 0 Å². The molecule has 8 heteroatoms. The summed E-state index contributed by atoms with van der Waals surface area (Å²) >= 11 is 0. The Kier molecular flexibility index (Phi) is 5.99. The quantitative estimate of drug-likeness (QED) is 0.777. The molecule has 2 aromatic rings. The molecule has 7 nitrogen and oxygen atoms in total. The minimum atomic E-state index is -3.96. The summed E-state index contributed by atoms with van der Waals surface area (Å²) in [5.41, 5.74) is 1.19. The minimum Gasteiger partial charge on any atom is -0.465 e. The first kappa shape index (κ1) is 19.5. The lowest BCUT2D eigenvalue weighted by atomic mass is 10.1. The maximum absolute atomic E-state index is 12.6.